The number of carbonyl (C=O) groups excluding carboxylic acids is 2. The Bertz CT molecular complexity index is 1080. The first-order valence-corrected chi connectivity index (χ1v) is 10.6. The van der Waals surface area contributed by atoms with Gasteiger partial charge in [0.05, 0.1) is 17.1 Å². The molecule has 3 aromatic rings. The van der Waals surface area contributed by atoms with Crippen molar-refractivity contribution in [3.63, 3.8) is 0 Å². The van der Waals surface area contributed by atoms with Crippen molar-refractivity contribution >= 4 is 58.3 Å². The van der Waals surface area contributed by atoms with Gasteiger partial charge < -0.3 is 10.6 Å². The van der Waals surface area contributed by atoms with Crippen molar-refractivity contribution < 1.29 is 9.59 Å². The molecule has 0 saturated carbocycles. The first-order chi connectivity index (χ1) is 13.6. The maximum absolute atomic E-state index is 12.5. The van der Waals surface area contributed by atoms with Gasteiger partial charge in [0.25, 0.3) is 11.8 Å². The third kappa shape index (κ3) is 4.30. The number of halogens is 1. The van der Waals surface area contributed by atoms with Gasteiger partial charge in [-0.2, -0.15) is 0 Å². The summed E-state index contributed by atoms with van der Waals surface area (Å²) in [5, 5.41) is 8.36. The third-order valence-corrected chi connectivity index (χ3v) is 6.29. The van der Waals surface area contributed by atoms with Crippen molar-refractivity contribution in [3.8, 4) is 0 Å². The summed E-state index contributed by atoms with van der Waals surface area (Å²) in [5.74, 6) is -0.371. The van der Waals surface area contributed by atoms with Crippen molar-refractivity contribution in [2.24, 2.45) is 0 Å². The minimum absolute atomic E-state index is 0.171. The second-order valence-corrected chi connectivity index (χ2v) is 8.65. The molecule has 0 spiro atoms. The Morgan fingerprint density at radius 2 is 2.04 bits per heavy atom. The van der Waals surface area contributed by atoms with Crippen molar-refractivity contribution in [1.29, 1.82) is 0 Å². The van der Waals surface area contributed by atoms with E-state index in [1.54, 1.807) is 41.7 Å². The van der Waals surface area contributed by atoms with Crippen LogP contribution < -0.4 is 10.6 Å². The van der Waals surface area contributed by atoms with Gasteiger partial charge in [0, 0.05) is 20.4 Å². The maximum atomic E-state index is 12.5. The van der Waals surface area contributed by atoms with Gasteiger partial charge in [-0.25, -0.2) is 0 Å². The lowest BCUT2D eigenvalue weighted by molar-refractivity contribution is -0.112. The average Bonchev–Trinajstić information content (AvgIpc) is 3.20. The predicted molar refractivity (Wildman–Crippen MR) is 116 cm³/mol. The highest BCUT2D eigenvalue weighted by Gasteiger charge is 2.22. The van der Waals surface area contributed by atoms with Gasteiger partial charge in [-0.05, 0) is 53.4 Å². The molecule has 4 nitrogen and oxygen atoms in total. The molecule has 0 atom stereocenters. The number of amides is 2. The van der Waals surface area contributed by atoms with E-state index >= 15 is 0 Å². The normalized spacial score (nSPS) is 14.5. The lowest BCUT2D eigenvalue weighted by atomic mass is 10.1. The Morgan fingerprint density at radius 1 is 1.14 bits per heavy atom. The number of benzene rings is 2. The van der Waals surface area contributed by atoms with E-state index in [1.165, 1.54) is 11.8 Å². The van der Waals surface area contributed by atoms with E-state index in [9.17, 15) is 9.59 Å². The van der Waals surface area contributed by atoms with Crippen LogP contribution >= 0.6 is 34.7 Å². The molecule has 0 unspecified atom stereocenters. The van der Waals surface area contributed by atoms with Gasteiger partial charge in [0.1, 0.15) is 0 Å². The number of anilines is 1. The van der Waals surface area contributed by atoms with Crippen LogP contribution in [-0.2, 0) is 11.3 Å². The summed E-state index contributed by atoms with van der Waals surface area (Å²) in [6, 6.07) is 16.6. The van der Waals surface area contributed by atoms with E-state index in [4.69, 9.17) is 11.6 Å². The van der Waals surface area contributed by atoms with Crippen LogP contribution in [0.25, 0.3) is 6.08 Å². The molecule has 0 fully saturated rings. The molecular weight excluding hydrogens is 412 g/mol. The zero-order valence-electron chi connectivity index (χ0n) is 14.6. The standard InChI is InChI=1S/C21H15ClN2O2S2/c22-15-4-1-3-13(9-15)10-19-21(26)24-17-11-14(6-7-18(17)28-19)20(25)23-12-16-5-2-8-27-16/h1-11H,12H2,(H,23,25)(H,24,26). The van der Waals surface area contributed by atoms with Crippen molar-refractivity contribution in [3.05, 3.63) is 85.9 Å². The Balaban J connectivity index is 1.51. The molecular formula is C21H15ClN2O2S2. The summed E-state index contributed by atoms with van der Waals surface area (Å²) in [4.78, 5) is 27.4. The van der Waals surface area contributed by atoms with Gasteiger partial charge in [0.15, 0.2) is 0 Å². The molecule has 4 rings (SSSR count). The molecule has 1 aliphatic rings. The van der Waals surface area contributed by atoms with Gasteiger partial charge in [-0.3, -0.25) is 9.59 Å². The van der Waals surface area contributed by atoms with Crippen LogP contribution in [0.2, 0.25) is 5.02 Å². The largest absolute Gasteiger partial charge is 0.347 e. The van der Waals surface area contributed by atoms with E-state index in [0.29, 0.717) is 27.7 Å². The molecule has 140 valence electrons. The molecule has 0 aliphatic carbocycles. The minimum atomic E-state index is -0.200. The predicted octanol–water partition coefficient (Wildman–Crippen LogP) is 5.42. The highest BCUT2D eigenvalue weighted by molar-refractivity contribution is 8.04. The highest BCUT2D eigenvalue weighted by Crippen LogP contribution is 2.39. The van der Waals surface area contributed by atoms with Crippen LogP contribution in [0.15, 0.2) is 69.8 Å². The number of hydrogen-bond acceptors (Lipinski definition) is 4. The summed E-state index contributed by atoms with van der Waals surface area (Å²) >= 11 is 8.98. The second-order valence-electron chi connectivity index (χ2n) is 6.09. The Labute approximate surface area is 175 Å². The smallest absolute Gasteiger partial charge is 0.262 e. The summed E-state index contributed by atoms with van der Waals surface area (Å²) in [6.07, 6.45) is 1.80. The number of fused-ring (bicyclic) bond motifs is 1. The topological polar surface area (TPSA) is 58.2 Å². The Kier molecular flexibility index (Phi) is 5.52. The summed E-state index contributed by atoms with van der Waals surface area (Å²) < 4.78 is 0. The molecule has 2 aromatic carbocycles. The molecule has 0 radical (unpaired) electrons. The Morgan fingerprint density at radius 3 is 2.82 bits per heavy atom. The highest BCUT2D eigenvalue weighted by atomic mass is 35.5. The fourth-order valence-electron chi connectivity index (χ4n) is 2.73. The van der Waals surface area contributed by atoms with Gasteiger partial charge in [0.2, 0.25) is 0 Å². The average molecular weight is 427 g/mol. The number of rotatable bonds is 4. The second kappa shape index (κ2) is 8.22. The summed E-state index contributed by atoms with van der Waals surface area (Å²) in [7, 11) is 0. The number of hydrogen-bond donors (Lipinski definition) is 2. The van der Waals surface area contributed by atoms with E-state index < -0.39 is 0 Å². The molecule has 0 saturated heterocycles. The van der Waals surface area contributed by atoms with E-state index in [-0.39, 0.29) is 11.8 Å². The zero-order chi connectivity index (χ0) is 19.5. The summed E-state index contributed by atoms with van der Waals surface area (Å²) in [5.41, 5.74) is 2.01. The minimum Gasteiger partial charge on any atom is -0.347 e. The van der Waals surface area contributed by atoms with Crippen LogP contribution in [0.5, 0.6) is 0 Å². The monoisotopic (exact) mass is 426 g/mol. The van der Waals surface area contributed by atoms with Crippen LogP contribution in [0.4, 0.5) is 5.69 Å². The molecule has 0 bridgehead atoms. The maximum Gasteiger partial charge on any atom is 0.262 e. The van der Waals surface area contributed by atoms with Crippen LogP contribution in [0.3, 0.4) is 0 Å². The lowest BCUT2D eigenvalue weighted by Crippen LogP contribution is -2.23. The fraction of sp³-hybridized carbons (Fsp3) is 0.0476. The van der Waals surface area contributed by atoms with E-state index in [2.05, 4.69) is 10.6 Å². The molecule has 7 heteroatoms. The van der Waals surface area contributed by atoms with Crippen LogP contribution in [-0.4, -0.2) is 11.8 Å². The third-order valence-electron chi connectivity index (χ3n) is 4.08. The molecule has 2 N–H and O–H groups in total. The Hall–Kier alpha value is -2.54. The zero-order valence-corrected chi connectivity index (χ0v) is 17.0. The van der Waals surface area contributed by atoms with Gasteiger partial charge >= 0.3 is 0 Å². The molecule has 2 amide bonds. The summed E-state index contributed by atoms with van der Waals surface area (Å²) in [6.45, 7) is 0.487. The first kappa shape index (κ1) is 18.8. The molecule has 1 aliphatic heterocycles. The van der Waals surface area contributed by atoms with Gasteiger partial charge in [-0.15, -0.1) is 11.3 Å². The number of carbonyl (C=O) groups is 2. The van der Waals surface area contributed by atoms with Crippen molar-refractivity contribution in [2.75, 3.05) is 5.32 Å². The lowest BCUT2D eigenvalue weighted by Gasteiger charge is -2.19. The molecule has 2 heterocycles. The van der Waals surface area contributed by atoms with Crippen LogP contribution in [0.1, 0.15) is 20.8 Å². The molecule has 1 aromatic heterocycles. The van der Waals surface area contributed by atoms with Gasteiger partial charge in [-0.1, -0.05) is 41.6 Å². The fourth-order valence-corrected chi connectivity index (χ4v) is 4.51. The quantitative estimate of drug-likeness (QED) is 0.548. The van der Waals surface area contributed by atoms with Crippen molar-refractivity contribution in [1.82, 2.24) is 5.32 Å². The molecule has 28 heavy (non-hydrogen) atoms. The number of thiophene rings is 1. The SMILES string of the molecule is O=C1Nc2cc(C(=O)NCc3cccs3)ccc2SC1=Cc1cccc(Cl)c1. The van der Waals surface area contributed by atoms with E-state index in [1.807, 2.05) is 35.7 Å². The van der Waals surface area contributed by atoms with Crippen LogP contribution in [0, 0.1) is 0 Å². The van der Waals surface area contributed by atoms with E-state index in [0.717, 1.165) is 15.3 Å². The first-order valence-electron chi connectivity index (χ1n) is 8.49. The number of nitrogens with one attached hydrogen (secondary N) is 2. The van der Waals surface area contributed by atoms with Crippen molar-refractivity contribution in [2.45, 2.75) is 11.4 Å². The number of thioether (sulfide) groups is 1.